The average Bonchev–Trinajstić information content (AvgIpc) is 2.74. The van der Waals surface area contributed by atoms with Crippen molar-refractivity contribution in [2.45, 2.75) is 32.0 Å². The first-order valence-corrected chi connectivity index (χ1v) is 5.82. The van der Waals surface area contributed by atoms with E-state index < -0.39 is 0 Å². The lowest BCUT2D eigenvalue weighted by molar-refractivity contribution is 0.0326. The number of benzene rings is 1. The first-order valence-electron chi connectivity index (χ1n) is 5.82. The quantitative estimate of drug-likeness (QED) is 0.693. The van der Waals surface area contributed by atoms with Crippen molar-refractivity contribution in [3.8, 4) is 0 Å². The van der Waals surface area contributed by atoms with Crippen molar-refractivity contribution in [3.05, 3.63) is 35.4 Å². The van der Waals surface area contributed by atoms with Crippen LogP contribution in [0.2, 0.25) is 0 Å². The van der Waals surface area contributed by atoms with Gasteiger partial charge in [-0.3, -0.25) is 4.90 Å². The first kappa shape index (κ1) is 9.37. The molecule has 0 aromatic heterocycles. The van der Waals surface area contributed by atoms with Gasteiger partial charge in [0, 0.05) is 32.3 Å². The highest BCUT2D eigenvalue weighted by Gasteiger charge is 2.26. The zero-order valence-corrected chi connectivity index (χ0v) is 8.98. The SMILES string of the molecule is c1ccc2c(c1)CN(C1CCOCC1)C2. The molecule has 2 aliphatic rings. The summed E-state index contributed by atoms with van der Waals surface area (Å²) < 4.78 is 5.41. The molecule has 1 aromatic carbocycles. The second-order valence-electron chi connectivity index (χ2n) is 4.52. The van der Waals surface area contributed by atoms with Crippen molar-refractivity contribution in [1.29, 1.82) is 0 Å². The van der Waals surface area contributed by atoms with E-state index in [4.69, 9.17) is 4.74 Å². The van der Waals surface area contributed by atoms with Gasteiger partial charge in [-0.2, -0.15) is 0 Å². The molecule has 2 nitrogen and oxygen atoms in total. The standard InChI is InChI=1S/C13H17NO/c1-2-4-12-10-14(9-11(12)3-1)13-5-7-15-8-6-13/h1-4,13H,5-10H2. The molecule has 0 unspecified atom stereocenters. The van der Waals surface area contributed by atoms with E-state index in [1.54, 1.807) is 0 Å². The van der Waals surface area contributed by atoms with Crippen molar-refractivity contribution >= 4 is 0 Å². The van der Waals surface area contributed by atoms with Gasteiger partial charge in [0.15, 0.2) is 0 Å². The van der Waals surface area contributed by atoms with E-state index in [1.807, 2.05) is 0 Å². The van der Waals surface area contributed by atoms with Gasteiger partial charge >= 0.3 is 0 Å². The summed E-state index contributed by atoms with van der Waals surface area (Å²) in [7, 11) is 0. The Morgan fingerprint density at radius 3 is 2.20 bits per heavy atom. The normalized spacial score (nSPS) is 22.9. The van der Waals surface area contributed by atoms with Gasteiger partial charge in [-0.25, -0.2) is 0 Å². The van der Waals surface area contributed by atoms with Gasteiger partial charge in [-0.15, -0.1) is 0 Å². The van der Waals surface area contributed by atoms with Crippen LogP contribution in [0.1, 0.15) is 24.0 Å². The van der Waals surface area contributed by atoms with Crippen LogP contribution < -0.4 is 0 Å². The summed E-state index contributed by atoms with van der Waals surface area (Å²) in [5.41, 5.74) is 3.04. The molecule has 1 aromatic rings. The minimum absolute atomic E-state index is 0.742. The molecule has 2 heterocycles. The van der Waals surface area contributed by atoms with E-state index in [0.29, 0.717) is 0 Å². The minimum Gasteiger partial charge on any atom is -0.381 e. The van der Waals surface area contributed by atoms with Crippen LogP contribution in [0, 0.1) is 0 Å². The third-order valence-electron chi connectivity index (χ3n) is 3.57. The van der Waals surface area contributed by atoms with Gasteiger partial charge in [0.05, 0.1) is 0 Å². The Hall–Kier alpha value is -0.860. The Balaban J connectivity index is 1.72. The predicted octanol–water partition coefficient (Wildman–Crippen LogP) is 2.18. The van der Waals surface area contributed by atoms with Crippen LogP contribution in [0.5, 0.6) is 0 Å². The summed E-state index contributed by atoms with van der Waals surface area (Å²) >= 11 is 0. The van der Waals surface area contributed by atoms with Gasteiger partial charge < -0.3 is 4.74 Å². The molecule has 0 radical (unpaired) electrons. The molecule has 0 atom stereocenters. The van der Waals surface area contributed by atoms with Crippen LogP contribution in [-0.2, 0) is 17.8 Å². The fourth-order valence-corrected chi connectivity index (χ4v) is 2.67. The molecule has 0 saturated carbocycles. The second kappa shape index (κ2) is 3.95. The van der Waals surface area contributed by atoms with E-state index in [-0.39, 0.29) is 0 Å². The zero-order valence-electron chi connectivity index (χ0n) is 8.98. The van der Waals surface area contributed by atoms with Gasteiger partial charge in [-0.05, 0) is 24.0 Å². The fraction of sp³-hybridized carbons (Fsp3) is 0.538. The summed E-state index contributed by atoms with van der Waals surface area (Å²) in [5, 5.41) is 0. The third kappa shape index (κ3) is 1.80. The number of rotatable bonds is 1. The third-order valence-corrected chi connectivity index (χ3v) is 3.57. The maximum Gasteiger partial charge on any atom is 0.0480 e. The number of nitrogens with zero attached hydrogens (tertiary/aromatic N) is 1. The lowest BCUT2D eigenvalue weighted by Gasteiger charge is -2.30. The lowest BCUT2D eigenvalue weighted by atomic mass is 10.1. The molecular weight excluding hydrogens is 186 g/mol. The van der Waals surface area contributed by atoms with E-state index in [9.17, 15) is 0 Å². The monoisotopic (exact) mass is 203 g/mol. The van der Waals surface area contributed by atoms with Crippen molar-refractivity contribution in [3.63, 3.8) is 0 Å². The van der Waals surface area contributed by atoms with Crippen molar-refractivity contribution < 1.29 is 4.74 Å². The molecule has 1 fully saturated rings. The molecule has 3 rings (SSSR count). The van der Waals surface area contributed by atoms with Crippen LogP contribution in [-0.4, -0.2) is 24.2 Å². The van der Waals surface area contributed by atoms with Gasteiger partial charge in [0.1, 0.15) is 0 Å². The average molecular weight is 203 g/mol. The topological polar surface area (TPSA) is 12.5 Å². The highest BCUT2D eigenvalue weighted by molar-refractivity contribution is 5.30. The highest BCUT2D eigenvalue weighted by atomic mass is 16.5. The Bertz CT molecular complexity index is 319. The lowest BCUT2D eigenvalue weighted by Crippen LogP contribution is -2.35. The van der Waals surface area contributed by atoms with Crippen LogP contribution in [0.25, 0.3) is 0 Å². The Labute approximate surface area is 90.8 Å². The van der Waals surface area contributed by atoms with Gasteiger partial charge in [-0.1, -0.05) is 24.3 Å². The molecule has 0 bridgehead atoms. The summed E-state index contributed by atoms with van der Waals surface area (Å²) in [6, 6.07) is 9.55. The molecule has 0 spiro atoms. The summed E-state index contributed by atoms with van der Waals surface area (Å²) in [6.45, 7) is 4.16. The van der Waals surface area contributed by atoms with Crippen LogP contribution >= 0.6 is 0 Å². The maximum absolute atomic E-state index is 5.41. The number of ether oxygens (including phenoxy) is 1. The van der Waals surface area contributed by atoms with Crippen molar-refractivity contribution in [2.75, 3.05) is 13.2 Å². The summed E-state index contributed by atoms with van der Waals surface area (Å²) in [4.78, 5) is 2.60. The zero-order chi connectivity index (χ0) is 10.1. The molecule has 2 aliphatic heterocycles. The molecule has 1 saturated heterocycles. The van der Waals surface area contributed by atoms with Crippen LogP contribution in [0.15, 0.2) is 24.3 Å². The highest BCUT2D eigenvalue weighted by Crippen LogP contribution is 2.27. The number of hydrogen-bond donors (Lipinski definition) is 0. The number of fused-ring (bicyclic) bond motifs is 1. The van der Waals surface area contributed by atoms with Crippen molar-refractivity contribution in [1.82, 2.24) is 4.90 Å². The van der Waals surface area contributed by atoms with E-state index >= 15 is 0 Å². The largest absolute Gasteiger partial charge is 0.381 e. The summed E-state index contributed by atoms with van der Waals surface area (Å²) in [5.74, 6) is 0. The first-order chi connectivity index (χ1) is 7.43. The predicted molar refractivity (Wildman–Crippen MR) is 59.5 cm³/mol. The molecule has 2 heteroatoms. The van der Waals surface area contributed by atoms with Gasteiger partial charge in [0.25, 0.3) is 0 Å². The molecule has 0 N–H and O–H groups in total. The maximum atomic E-state index is 5.41. The smallest absolute Gasteiger partial charge is 0.0480 e. The molecule has 15 heavy (non-hydrogen) atoms. The Morgan fingerprint density at radius 2 is 1.60 bits per heavy atom. The Morgan fingerprint density at radius 1 is 1.00 bits per heavy atom. The molecular formula is C13H17NO. The van der Waals surface area contributed by atoms with E-state index in [1.165, 1.54) is 24.0 Å². The minimum atomic E-state index is 0.742. The number of hydrogen-bond acceptors (Lipinski definition) is 2. The molecule has 80 valence electrons. The summed E-state index contributed by atoms with van der Waals surface area (Å²) in [6.07, 6.45) is 2.40. The second-order valence-corrected chi connectivity index (χ2v) is 4.52. The molecule has 0 aliphatic carbocycles. The van der Waals surface area contributed by atoms with Crippen molar-refractivity contribution in [2.24, 2.45) is 0 Å². The van der Waals surface area contributed by atoms with Crippen LogP contribution in [0.3, 0.4) is 0 Å². The van der Waals surface area contributed by atoms with E-state index in [0.717, 1.165) is 32.3 Å². The van der Waals surface area contributed by atoms with Gasteiger partial charge in [0.2, 0.25) is 0 Å². The van der Waals surface area contributed by atoms with E-state index in [2.05, 4.69) is 29.2 Å². The Kier molecular flexibility index (Phi) is 2.47. The fourth-order valence-electron chi connectivity index (χ4n) is 2.67. The molecule has 0 amide bonds. The van der Waals surface area contributed by atoms with Crippen LogP contribution in [0.4, 0.5) is 0 Å².